The third-order valence-corrected chi connectivity index (χ3v) is 3.31. The molecule has 0 aliphatic carbocycles. The molecule has 0 aliphatic heterocycles. The number of rotatable bonds is 7. The van der Waals surface area contributed by atoms with E-state index in [2.05, 4.69) is 0 Å². The number of halogens is 2. The SMILES string of the molecule is CN(CC(=O)O)C(=O)CCCOc1cccc(Cl)c1Cl. The number of hydrogen-bond donors (Lipinski definition) is 1. The van der Waals surface area contributed by atoms with Gasteiger partial charge in [-0.3, -0.25) is 9.59 Å². The van der Waals surface area contributed by atoms with Gasteiger partial charge in [0.25, 0.3) is 0 Å². The van der Waals surface area contributed by atoms with E-state index in [1.54, 1.807) is 18.2 Å². The lowest BCUT2D eigenvalue weighted by Gasteiger charge is -2.14. The Morgan fingerprint density at radius 2 is 2.05 bits per heavy atom. The molecule has 20 heavy (non-hydrogen) atoms. The first kappa shape index (κ1) is 16.6. The van der Waals surface area contributed by atoms with Gasteiger partial charge in [0.2, 0.25) is 5.91 Å². The van der Waals surface area contributed by atoms with Crippen LogP contribution in [0.3, 0.4) is 0 Å². The van der Waals surface area contributed by atoms with Gasteiger partial charge in [0.1, 0.15) is 17.3 Å². The number of likely N-dealkylation sites (N-methyl/N-ethyl adjacent to an activating group) is 1. The maximum atomic E-state index is 11.6. The van der Waals surface area contributed by atoms with E-state index in [-0.39, 0.29) is 18.9 Å². The van der Waals surface area contributed by atoms with Gasteiger partial charge in [0.05, 0.1) is 11.6 Å². The minimum Gasteiger partial charge on any atom is -0.492 e. The fraction of sp³-hybridized carbons (Fsp3) is 0.385. The van der Waals surface area contributed by atoms with Gasteiger partial charge in [-0.1, -0.05) is 29.3 Å². The van der Waals surface area contributed by atoms with Crippen LogP contribution in [0.15, 0.2) is 18.2 Å². The van der Waals surface area contributed by atoms with Crippen LogP contribution >= 0.6 is 23.2 Å². The van der Waals surface area contributed by atoms with Gasteiger partial charge < -0.3 is 14.7 Å². The van der Waals surface area contributed by atoms with Crippen LogP contribution in [-0.4, -0.2) is 42.1 Å². The molecular formula is C13H15Cl2NO4. The zero-order valence-electron chi connectivity index (χ0n) is 10.9. The third-order valence-electron chi connectivity index (χ3n) is 2.51. The minimum atomic E-state index is -1.04. The highest BCUT2D eigenvalue weighted by Crippen LogP contribution is 2.31. The van der Waals surface area contributed by atoms with Gasteiger partial charge in [-0.05, 0) is 18.6 Å². The van der Waals surface area contributed by atoms with E-state index in [0.29, 0.717) is 28.8 Å². The molecule has 0 saturated heterocycles. The predicted molar refractivity (Wildman–Crippen MR) is 76.5 cm³/mol. The molecule has 0 saturated carbocycles. The number of aliphatic carboxylic acids is 1. The first-order valence-electron chi connectivity index (χ1n) is 5.94. The van der Waals surface area contributed by atoms with Crippen molar-refractivity contribution in [3.05, 3.63) is 28.2 Å². The Labute approximate surface area is 127 Å². The molecule has 0 spiro atoms. The van der Waals surface area contributed by atoms with Crippen LogP contribution in [0.1, 0.15) is 12.8 Å². The van der Waals surface area contributed by atoms with Gasteiger partial charge in [-0.2, -0.15) is 0 Å². The van der Waals surface area contributed by atoms with Crippen LogP contribution in [-0.2, 0) is 9.59 Å². The second kappa shape index (κ2) is 7.97. The van der Waals surface area contributed by atoms with Crippen LogP contribution in [0, 0.1) is 0 Å². The quantitative estimate of drug-likeness (QED) is 0.785. The molecule has 1 N–H and O–H groups in total. The molecule has 0 heterocycles. The van der Waals surface area contributed by atoms with Crippen molar-refractivity contribution in [1.29, 1.82) is 0 Å². The Hall–Kier alpha value is -1.46. The largest absolute Gasteiger partial charge is 0.492 e. The second-order valence-corrected chi connectivity index (χ2v) is 4.93. The number of carbonyl (C=O) groups excluding carboxylic acids is 1. The molecule has 0 aromatic heterocycles. The average Bonchev–Trinajstić information content (AvgIpc) is 2.38. The summed E-state index contributed by atoms with van der Waals surface area (Å²) >= 11 is 11.8. The minimum absolute atomic E-state index is 0.210. The first-order valence-corrected chi connectivity index (χ1v) is 6.70. The highest BCUT2D eigenvalue weighted by Gasteiger charge is 2.12. The first-order chi connectivity index (χ1) is 9.41. The summed E-state index contributed by atoms with van der Waals surface area (Å²) in [6.07, 6.45) is 0.674. The normalized spacial score (nSPS) is 10.2. The van der Waals surface area contributed by atoms with Crippen molar-refractivity contribution < 1.29 is 19.4 Å². The molecule has 0 radical (unpaired) electrons. The lowest BCUT2D eigenvalue weighted by Crippen LogP contribution is -2.31. The Morgan fingerprint density at radius 3 is 2.70 bits per heavy atom. The predicted octanol–water partition coefficient (Wildman–Crippen LogP) is 2.70. The van der Waals surface area contributed by atoms with E-state index in [1.807, 2.05) is 0 Å². The van der Waals surface area contributed by atoms with Crippen LogP contribution in [0.4, 0.5) is 0 Å². The Bertz CT molecular complexity index is 493. The average molecular weight is 320 g/mol. The van der Waals surface area contributed by atoms with Gasteiger partial charge in [-0.25, -0.2) is 0 Å². The van der Waals surface area contributed by atoms with E-state index in [4.69, 9.17) is 33.0 Å². The smallest absolute Gasteiger partial charge is 0.323 e. The zero-order chi connectivity index (χ0) is 15.1. The molecule has 5 nitrogen and oxygen atoms in total. The summed E-state index contributed by atoms with van der Waals surface area (Å²) in [5.74, 6) is -0.818. The zero-order valence-corrected chi connectivity index (χ0v) is 12.4. The van der Waals surface area contributed by atoms with Crippen molar-refractivity contribution >= 4 is 35.1 Å². The summed E-state index contributed by atoms with van der Waals surface area (Å²) in [6.45, 7) is -0.00742. The molecule has 0 atom stereocenters. The maximum Gasteiger partial charge on any atom is 0.323 e. The van der Waals surface area contributed by atoms with Crippen molar-refractivity contribution in [2.24, 2.45) is 0 Å². The fourth-order valence-corrected chi connectivity index (χ4v) is 1.83. The molecular weight excluding hydrogens is 305 g/mol. The van der Waals surface area contributed by atoms with Crippen molar-refractivity contribution in [3.8, 4) is 5.75 Å². The number of carbonyl (C=O) groups is 2. The number of carboxylic acid groups (broad SMARTS) is 1. The number of hydrogen-bond acceptors (Lipinski definition) is 3. The number of nitrogens with zero attached hydrogens (tertiary/aromatic N) is 1. The summed E-state index contributed by atoms with van der Waals surface area (Å²) in [7, 11) is 1.45. The summed E-state index contributed by atoms with van der Waals surface area (Å²) in [5.41, 5.74) is 0. The number of ether oxygens (including phenoxy) is 1. The fourth-order valence-electron chi connectivity index (χ4n) is 1.48. The molecule has 0 bridgehead atoms. The lowest BCUT2D eigenvalue weighted by molar-refractivity contribution is -0.143. The van der Waals surface area contributed by atoms with Gasteiger partial charge in [-0.15, -0.1) is 0 Å². The van der Waals surface area contributed by atoms with Gasteiger partial charge >= 0.3 is 5.97 Å². The Balaban J connectivity index is 2.33. The highest BCUT2D eigenvalue weighted by atomic mass is 35.5. The summed E-state index contributed by atoms with van der Waals surface area (Å²) < 4.78 is 5.43. The lowest BCUT2D eigenvalue weighted by atomic mass is 10.3. The van der Waals surface area contributed by atoms with Gasteiger partial charge in [0.15, 0.2) is 0 Å². The number of carboxylic acids is 1. The molecule has 7 heteroatoms. The van der Waals surface area contributed by atoms with E-state index < -0.39 is 5.97 Å². The van der Waals surface area contributed by atoms with Gasteiger partial charge in [0, 0.05) is 13.5 Å². The number of benzene rings is 1. The van der Waals surface area contributed by atoms with Crippen LogP contribution in [0.2, 0.25) is 10.0 Å². The topological polar surface area (TPSA) is 66.8 Å². The summed E-state index contributed by atoms with van der Waals surface area (Å²) in [5, 5.41) is 9.30. The van der Waals surface area contributed by atoms with Crippen molar-refractivity contribution in [1.82, 2.24) is 4.90 Å². The second-order valence-electron chi connectivity index (χ2n) is 4.15. The Morgan fingerprint density at radius 1 is 1.35 bits per heavy atom. The molecule has 0 aliphatic rings. The van der Waals surface area contributed by atoms with Crippen LogP contribution in [0.5, 0.6) is 5.75 Å². The summed E-state index contributed by atoms with van der Waals surface area (Å²) in [4.78, 5) is 23.2. The maximum absolute atomic E-state index is 11.6. The van der Waals surface area contributed by atoms with E-state index >= 15 is 0 Å². The van der Waals surface area contributed by atoms with Crippen molar-refractivity contribution in [2.45, 2.75) is 12.8 Å². The number of amides is 1. The van der Waals surface area contributed by atoms with Crippen molar-refractivity contribution in [3.63, 3.8) is 0 Å². The molecule has 0 unspecified atom stereocenters. The van der Waals surface area contributed by atoms with Crippen molar-refractivity contribution in [2.75, 3.05) is 20.2 Å². The van der Waals surface area contributed by atoms with E-state index in [9.17, 15) is 9.59 Å². The monoisotopic (exact) mass is 319 g/mol. The molecule has 1 aromatic carbocycles. The molecule has 1 rings (SSSR count). The summed E-state index contributed by atoms with van der Waals surface area (Å²) in [6, 6.07) is 5.06. The molecule has 0 fully saturated rings. The van der Waals surface area contributed by atoms with E-state index in [1.165, 1.54) is 7.05 Å². The highest BCUT2D eigenvalue weighted by molar-refractivity contribution is 6.42. The molecule has 1 amide bonds. The Kier molecular flexibility index (Phi) is 6.61. The standard InChI is InChI=1S/C13H15Cl2NO4/c1-16(8-12(18)19)11(17)6-3-7-20-10-5-2-4-9(14)13(10)15/h2,4-5H,3,6-8H2,1H3,(H,18,19). The third kappa shape index (κ3) is 5.27. The molecule has 110 valence electrons. The van der Waals surface area contributed by atoms with Crippen LogP contribution in [0.25, 0.3) is 0 Å². The molecule has 1 aromatic rings. The van der Waals surface area contributed by atoms with Crippen LogP contribution < -0.4 is 4.74 Å². The van der Waals surface area contributed by atoms with E-state index in [0.717, 1.165) is 4.90 Å².